The maximum absolute atomic E-state index is 12.4. The van der Waals surface area contributed by atoms with Gasteiger partial charge in [-0.15, -0.1) is 0 Å². The summed E-state index contributed by atoms with van der Waals surface area (Å²) in [5, 5.41) is 10.1. The molecule has 2 atom stereocenters. The average Bonchev–Trinajstić information content (AvgIpc) is 2.86. The van der Waals surface area contributed by atoms with Gasteiger partial charge in [0.05, 0.1) is 5.92 Å². The van der Waals surface area contributed by atoms with E-state index in [-0.39, 0.29) is 11.8 Å². The second-order valence-corrected chi connectivity index (χ2v) is 6.39. The Bertz CT molecular complexity index is 542. The molecule has 1 fully saturated rings. The predicted octanol–water partition coefficient (Wildman–Crippen LogP) is 3.45. The van der Waals surface area contributed by atoms with Crippen LogP contribution in [-0.4, -0.2) is 28.9 Å². The molecule has 1 aromatic rings. The van der Waals surface area contributed by atoms with Gasteiger partial charge in [0.1, 0.15) is 0 Å². The van der Waals surface area contributed by atoms with Gasteiger partial charge in [-0.1, -0.05) is 23.2 Å². The number of nitrogens with zero attached hydrogens (tertiary/aromatic N) is 1. The van der Waals surface area contributed by atoms with Gasteiger partial charge in [-0.2, -0.15) is 0 Å². The van der Waals surface area contributed by atoms with Gasteiger partial charge in [-0.25, -0.2) is 0 Å². The summed E-state index contributed by atoms with van der Waals surface area (Å²) in [5.41, 5.74) is 0.858. The van der Waals surface area contributed by atoms with Crippen molar-refractivity contribution in [3.63, 3.8) is 0 Å². The molecule has 2 unspecified atom stereocenters. The minimum Gasteiger partial charge on any atom is -0.481 e. The number of carbonyl (C=O) groups is 2. The molecule has 21 heavy (non-hydrogen) atoms. The van der Waals surface area contributed by atoms with Crippen molar-refractivity contribution >= 4 is 35.1 Å². The summed E-state index contributed by atoms with van der Waals surface area (Å²) in [6.07, 6.45) is 1.63. The molecular formula is C15H17Cl2NO3. The van der Waals surface area contributed by atoms with Crippen molar-refractivity contribution < 1.29 is 14.7 Å². The van der Waals surface area contributed by atoms with Crippen molar-refractivity contribution in [3.8, 4) is 0 Å². The summed E-state index contributed by atoms with van der Waals surface area (Å²) in [6, 6.07) is 5.18. The summed E-state index contributed by atoms with van der Waals surface area (Å²) in [4.78, 5) is 24.9. The van der Waals surface area contributed by atoms with Crippen LogP contribution in [0.1, 0.15) is 24.8 Å². The Morgan fingerprint density at radius 3 is 2.29 bits per heavy atom. The van der Waals surface area contributed by atoms with E-state index in [1.54, 1.807) is 30.1 Å². The minimum atomic E-state index is -0.811. The third-order valence-electron chi connectivity index (χ3n) is 3.85. The maximum Gasteiger partial charge on any atom is 0.306 e. The highest BCUT2D eigenvalue weighted by Gasteiger charge is 2.35. The van der Waals surface area contributed by atoms with Gasteiger partial charge >= 0.3 is 5.97 Å². The van der Waals surface area contributed by atoms with E-state index in [2.05, 4.69) is 0 Å². The maximum atomic E-state index is 12.4. The van der Waals surface area contributed by atoms with Crippen LogP contribution in [0.2, 0.25) is 10.0 Å². The second-order valence-electron chi connectivity index (χ2n) is 5.52. The summed E-state index contributed by atoms with van der Waals surface area (Å²) >= 11 is 11.9. The molecule has 2 rings (SSSR count). The summed E-state index contributed by atoms with van der Waals surface area (Å²) in [6.45, 7) is 0.410. The van der Waals surface area contributed by atoms with Crippen molar-refractivity contribution in [2.75, 3.05) is 7.05 Å². The lowest BCUT2D eigenvalue weighted by molar-refractivity contribution is -0.141. The van der Waals surface area contributed by atoms with Crippen LogP contribution in [0.15, 0.2) is 18.2 Å². The van der Waals surface area contributed by atoms with E-state index in [1.165, 1.54) is 0 Å². The predicted molar refractivity (Wildman–Crippen MR) is 81.4 cm³/mol. The number of halogens is 2. The molecule has 0 heterocycles. The number of amides is 1. The molecule has 0 aliphatic heterocycles. The highest BCUT2D eigenvalue weighted by Crippen LogP contribution is 2.32. The van der Waals surface area contributed by atoms with Gasteiger partial charge in [0.25, 0.3) is 0 Å². The molecule has 1 amide bonds. The van der Waals surface area contributed by atoms with Crippen molar-refractivity contribution in [1.82, 2.24) is 4.90 Å². The first-order valence-electron chi connectivity index (χ1n) is 6.79. The lowest BCUT2D eigenvalue weighted by Gasteiger charge is -2.21. The Kier molecular flexibility index (Phi) is 5.12. The number of carbonyl (C=O) groups excluding carboxylic acids is 1. The molecule has 1 N–H and O–H groups in total. The minimum absolute atomic E-state index is 0.0187. The summed E-state index contributed by atoms with van der Waals surface area (Å²) < 4.78 is 0. The number of aliphatic carboxylic acids is 1. The molecule has 6 heteroatoms. The van der Waals surface area contributed by atoms with E-state index >= 15 is 0 Å². The van der Waals surface area contributed by atoms with Crippen LogP contribution in [-0.2, 0) is 16.1 Å². The lowest BCUT2D eigenvalue weighted by atomic mass is 10.0. The van der Waals surface area contributed by atoms with Crippen molar-refractivity contribution in [2.24, 2.45) is 11.8 Å². The highest BCUT2D eigenvalue weighted by molar-refractivity contribution is 6.34. The Balaban J connectivity index is 1.98. The van der Waals surface area contributed by atoms with E-state index in [0.717, 1.165) is 5.56 Å². The average molecular weight is 330 g/mol. The Labute approximate surface area is 133 Å². The topological polar surface area (TPSA) is 57.6 Å². The van der Waals surface area contributed by atoms with Crippen LogP contribution in [0, 0.1) is 11.8 Å². The van der Waals surface area contributed by atoms with Gasteiger partial charge < -0.3 is 10.0 Å². The first-order valence-corrected chi connectivity index (χ1v) is 7.55. The van der Waals surface area contributed by atoms with Gasteiger partial charge in [-0.05, 0) is 43.0 Å². The molecule has 1 aliphatic rings. The number of hydrogen-bond donors (Lipinski definition) is 1. The number of carboxylic acid groups (broad SMARTS) is 1. The summed E-state index contributed by atoms with van der Waals surface area (Å²) in [5.74, 6) is -1.43. The fourth-order valence-electron chi connectivity index (χ4n) is 2.80. The zero-order valence-electron chi connectivity index (χ0n) is 11.7. The molecule has 114 valence electrons. The number of carboxylic acids is 1. The quantitative estimate of drug-likeness (QED) is 0.920. The van der Waals surface area contributed by atoms with Crippen LogP contribution in [0.3, 0.4) is 0 Å². The molecule has 0 spiro atoms. The van der Waals surface area contributed by atoms with Gasteiger partial charge in [0, 0.05) is 29.6 Å². The smallest absolute Gasteiger partial charge is 0.306 e. The van der Waals surface area contributed by atoms with Crippen molar-refractivity contribution in [1.29, 1.82) is 0 Å². The molecule has 0 saturated heterocycles. The lowest BCUT2D eigenvalue weighted by Crippen LogP contribution is -2.31. The van der Waals surface area contributed by atoms with Gasteiger partial charge in [0.15, 0.2) is 0 Å². The van der Waals surface area contributed by atoms with Crippen molar-refractivity contribution in [2.45, 2.75) is 25.8 Å². The molecule has 1 aromatic carbocycles. The Morgan fingerprint density at radius 2 is 1.76 bits per heavy atom. The van der Waals surface area contributed by atoms with Crippen LogP contribution in [0.25, 0.3) is 0 Å². The third-order valence-corrected chi connectivity index (χ3v) is 4.29. The molecule has 0 aromatic heterocycles. The van der Waals surface area contributed by atoms with Crippen LogP contribution in [0.4, 0.5) is 0 Å². The van der Waals surface area contributed by atoms with E-state index < -0.39 is 11.9 Å². The molecule has 0 radical (unpaired) electrons. The molecule has 1 saturated carbocycles. The highest BCUT2D eigenvalue weighted by atomic mass is 35.5. The number of hydrogen-bond acceptors (Lipinski definition) is 2. The standard InChI is InChI=1S/C15H17Cl2NO3/c1-18(8-9-4-12(16)7-13(17)5-9)14(19)10-2-3-11(6-10)15(20)21/h4-5,7,10-11H,2-3,6,8H2,1H3,(H,20,21). The number of rotatable bonds is 4. The fraction of sp³-hybridized carbons (Fsp3) is 0.467. The monoisotopic (exact) mass is 329 g/mol. The molecular weight excluding hydrogens is 313 g/mol. The van der Waals surface area contributed by atoms with Crippen LogP contribution in [0.5, 0.6) is 0 Å². The zero-order valence-corrected chi connectivity index (χ0v) is 13.2. The van der Waals surface area contributed by atoms with E-state index in [0.29, 0.717) is 35.9 Å². The molecule has 1 aliphatic carbocycles. The summed E-state index contributed by atoms with van der Waals surface area (Å²) in [7, 11) is 1.71. The van der Waals surface area contributed by atoms with E-state index in [1.807, 2.05) is 0 Å². The third kappa shape index (κ3) is 4.11. The first kappa shape index (κ1) is 16.1. The second kappa shape index (κ2) is 6.67. The van der Waals surface area contributed by atoms with Crippen molar-refractivity contribution in [3.05, 3.63) is 33.8 Å². The first-order chi connectivity index (χ1) is 9.86. The Hall–Kier alpha value is -1.26. The van der Waals surface area contributed by atoms with Crippen LogP contribution >= 0.6 is 23.2 Å². The fourth-order valence-corrected chi connectivity index (χ4v) is 3.37. The van der Waals surface area contributed by atoms with Crippen LogP contribution < -0.4 is 0 Å². The normalized spacial score (nSPS) is 21.3. The Morgan fingerprint density at radius 1 is 1.19 bits per heavy atom. The van der Waals surface area contributed by atoms with E-state index in [4.69, 9.17) is 28.3 Å². The zero-order chi connectivity index (χ0) is 15.6. The van der Waals surface area contributed by atoms with E-state index in [9.17, 15) is 9.59 Å². The SMILES string of the molecule is CN(Cc1cc(Cl)cc(Cl)c1)C(=O)C1CCC(C(=O)O)C1. The molecule has 4 nitrogen and oxygen atoms in total. The number of benzene rings is 1. The molecule has 0 bridgehead atoms. The van der Waals surface area contributed by atoms with Gasteiger partial charge in [0.2, 0.25) is 5.91 Å². The van der Waals surface area contributed by atoms with Gasteiger partial charge in [-0.3, -0.25) is 9.59 Å². The largest absolute Gasteiger partial charge is 0.481 e.